The topological polar surface area (TPSA) is 49.8 Å². The van der Waals surface area contributed by atoms with E-state index >= 15 is 0 Å². The van der Waals surface area contributed by atoms with Crippen LogP contribution in [0.2, 0.25) is 5.28 Å². The van der Waals surface area contributed by atoms with Crippen molar-refractivity contribution in [2.24, 2.45) is 0 Å². The highest BCUT2D eigenvalue weighted by atomic mass is 35.5. The molecule has 124 valence electrons. The molecule has 0 aliphatic carbocycles. The Morgan fingerprint density at radius 2 is 1.92 bits per heavy atom. The van der Waals surface area contributed by atoms with Crippen LogP contribution in [0.3, 0.4) is 0 Å². The van der Waals surface area contributed by atoms with Gasteiger partial charge in [0.25, 0.3) is 0 Å². The number of halogens is 2. The second-order valence-corrected chi connectivity index (χ2v) is 7.04. The largest absolute Gasteiger partial charge is 0.367 e. The number of hydrogen-bond acceptors (Lipinski definition) is 5. The van der Waals surface area contributed by atoms with Crippen LogP contribution in [0, 0.1) is 5.82 Å². The van der Waals surface area contributed by atoms with Gasteiger partial charge < -0.3 is 10.6 Å². The fourth-order valence-corrected chi connectivity index (χ4v) is 4.19. The number of anilines is 1. The highest BCUT2D eigenvalue weighted by Gasteiger charge is 2.19. The van der Waals surface area contributed by atoms with Crippen molar-refractivity contribution < 1.29 is 4.39 Å². The average Bonchev–Trinajstić information content (AvgIpc) is 3.00. The maximum atomic E-state index is 13.2. The first-order valence-electron chi connectivity index (χ1n) is 7.88. The van der Waals surface area contributed by atoms with Crippen molar-refractivity contribution in [3.8, 4) is 11.1 Å². The van der Waals surface area contributed by atoms with E-state index in [9.17, 15) is 4.39 Å². The molecule has 3 heterocycles. The molecule has 24 heavy (non-hydrogen) atoms. The second kappa shape index (κ2) is 6.63. The van der Waals surface area contributed by atoms with Gasteiger partial charge in [-0.2, -0.15) is 0 Å². The number of rotatable bonds is 3. The number of aromatic nitrogens is 2. The standard InChI is InChI=1S/C17H16ClFN4S/c18-17-22-15(21-12-5-7-20-8-6-12)14-13(9-24-16(14)23-17)10-1-3-11(19)4-2-10/h1-4,9,12,20H,5-8H2,(H,21,22,23). The summed E-state index contributed by atoms with van der Waals surface area (Å²) in [5.74, 6) is 0.517. The normalized spacial score (nSPS) is 15.8. The first kappa shape index (κ1) is 15.7. The van der Waals surface area contributed by atoms with Gasteiger partial charge in [0.1, 0.15) is 16.5 Å². The van der Waals surface area contributed by atoms with Crippen LogP contribution < -0.4 is 10.6 Å². The smallest absolute Gasteiger partial charge is 0.225 e. The van der Waals surface area contributed by atoms with E-state index < -0.39 is 0 Å². The molecule has 0 unspecified atom stereocenters. The number of nitrogens with one attached hydrogen (secondary N) is 2. The molecule has 0 saturated carbocycles. The van der Waals surface area contributed by atoms with Crippen LogP contribution in [0.1, 0.15) is 12.8 Å². The summed E-state index contributed by atoms with van der Waals surface area (Å²) >= 11 is 7.62. The minimum Gasteiger partial charge on any atom is -0.367 e. The molecule has 0 bridgehead atoms. The number of hydrogen-bond donors (Lipinski definition) is 2. The molecule has 0 spiro atoms. The second-order valence-electron chi connectivity index (χ2n) is 5.85. The molecule has 0 atom stereocenters. The van der Waals surface area contributed by atoms with Crippen molar-refractivity contribution in [3.05, 3.63) is 40.7 Å². The molecule has 0 amide bonds. The average molecular weight is 363 g/mol. The van der Waals surface area contributed by atoms with Gasteiger partial charge in [0.05, 0.1) is 5.39 Å². The van der Waals surface area contributed by atoms with E-state index in [0.717, 1.165) is 53.1 Å². The van der Waals surface area contributed by atoms with Crippen LogP contribution in [0.4, 0.5) is 10.2 Å². The molecule has 3 aromatic rings. The van der Waals surface area contributed by atoms with Crippen molar-refractivity contribution >= 4 is 39.0 Å². The molecule has 4 nitrogen and oxygen atoms in total. The summed E-state index contributed by atoms with van der Waals surface area (Å²) in [4.78, 5) is 9.60. The van der Waals surface area contributed by atoms with Crippen LogP contribution in [0.25, 0.3) is 21.3 Å². The minimum absolute atomic E-state index is 0.242. The Bertz CT molecular complexity index is 859. The zero-order valence-corrected chi connectivity index (χ0v) is 14.4. The Kier molecular flexibility index (Phi) is 4.35. The molecule has 0 radical (unpaired) electrons. The van der Waals surface area contributed by atoms with E-state index in [-0.39, 0.29) is 11.1 Å². The van der Waals surface area contributed by atoms with E-state index in [0.29, 0.717) is 6.04 Å². The summed E-state index contributed by atoms with van der Waals surface area (Å²) < 4.78 is 13.2. The lowest BCUT2D eigenvalue weighted by atomic mass is 10.0. The van der Waals surface area contributed by atoms with E-state index in [1.54, 1.807) is 12.1 Å². The van der Waals surface area contributed by atoms with Crippen LogP contribution in [-0.2, 0) is 0 Å². The van der Waals surface area contributed by atoms with Crippen LogP contribution in [-0.4, -0.2) is 29.1 Å². The van der Waals surface area contributed by atoms with Crippen molar-refractivity contribution in [2.75, 3.05) is 18.4 Å². The summed E-state index contributed by atoms with van der Waals surface area (Å²) in [5.41, 5.74) is 1.95. The van der Waals surface area contributed by atoms with Crippen LogP contribution >= 0.6 is 22.9 Å². The molecule has 2 aromatic heterocycles. The quantitative estimate of drug-likeness (QED) is 0.681. The Labute approximate surface area is 148 Å². The first-order valence-corrected chi connectivity index (χ1v) is 9.14. The lowest BCUT2D eigenvalue weighted by Gasteiger charge is -2.24. The highest BCUT2D eigenvalue weighted by Crippen LogP contribution is 2.38. The molecule has 4 rings (SSSR count). The Hall–Kier alpha value is -1.76. The van der Waals surface area contributed by atoms with Gasteiger partial charge in [-0.15, -0.1) is 11.3 Å². The number of nitrogens with zero attached hydrogens (tertiary/aromatic N) is 2. The third-order valence-corrected chi connectivity index (χ3v) is 5.28. The first-order chi connectivity index (χ1) is 11.7. The van der Waals surface area contributed by atoms with E-state index in [2.05, 4.69) is 20.6 Å². The lowest BCUT2D eigenvalue weighted by molar-refractivity contribution is 0.478. The Morgan fingerprint density at radius 1 is 1.17 bits per heavy atom. The van der Waals surface area contributed by atoms with Gasteiger partial charge in [0.15, 0.2) is 0 Å². The van der Waals surface area contributed by atoms with Crippen molar-refractivity contribution in [3.63, 3.8) is 0 Å². The van der Waals surface area contributed by atoms with Crippen molar-refractivity contribution in [1.82, 2.24) is 15.3 Å². The van der Waals surface area contributed by atoms with Gasteiger partial charge in [0.2, 0.25) is 5.28 Å². The summed E-state index contributed by atoms with van der Waals surface area (Å²) in [5, 5.41) is 10.1. The fourth-order valence-electron chi connectivity index (χ4n) is 3.02. The number of thiophene rings is 1. The summed E-state index contributed by atoms with van der Waals surface area (Å²) in [7, 11) is 0. The molecule has 1 aromatic carbocycles. The molecular weight excluding hydrogens is 347 g/mol. The van der Waals surface area contributed by atoms with E-state index in [4.69, 9.17) is 11.6 Å². The molecule has 2 N–H and O–H groups in total. The van der Waals surface area contributed by atoms with Gasteiger partial charge in [-0.3, -0.25) is 0 Å². The third kappa shape index (κ3) is 3.09. The minimum atomic E-state index is -0.245. The van der Waals surface area contributed by atoms with Gasteiger partial charge in [0, 0.05) is 17.0 Å². The number of fused-ring (bicyclic) bond motifs is 1. The van der Waals surface area contributed by atoms with Crippen LogP contribution in [0.5, 0.6) is 0 Å². The van der Waals surface area contributed by atoms with Gasteiger partial charge in [-0.05, 0) is 55.2 Å². The molecule has 1 fully saturated rings. The van der Waals surface area contributed by atoms with Gasteiger partial charge >= 0.3 is 0 Å². The maximum Gasteiger partial charge on any atom is 0.225 e. The fraction of sp³-hybridized carbons (Fsp3) is 0.294. The molecule has 1 aliphatic heterocycles. The van der Waals surface area contributed by atoms with Crippen LogP contribution in [0.15, 0.2) is 29.6 Å². The molecule has 1 aliphatic rings. The summed E-state index contributed by atoms with van der Waals surface area (Å²) in [6.45, 7) is 1.99. The zero-order chi connectivity index (χ0) is 16.5. The Balaban J connectivity index is 1.79. The number of piperidine rings is 1. The third-order valence-electron chi connectivity index (χ3n) is 4.24. The molecular formula is C17H16ClFN4S. The van der Waals surface area contributed by atoms with Gasteiger partial charge in [-0.25, -0.2) is 14.4 Å². The highest BCUT2D eigenvalue weighted by molar-refractivity contribution is 7.17. The monoisotopic (exact) mass is 362 g/mol. The van der Waals surface area contributed by atoms with Crippen molar-refractivity contribution in [2.45, 2.75) is 18.9 Å². The SMILES string of the molecule is Fc1ccc(-c2csc3nc(Cl)nc(NC4CCNCC4)c23)cc1. The zero-order valence-electron chi connectivity index (χ0n) is 12.9. The van der Waals surface area contributed by atoms with E-state index in [1.807, 2.05) is 5.38 Å². The Morgan fingerprint density at radius 3 is 2.67 bits per heavy atom. The predicted molar refractivity (Wildman–Crippen MR) is 97.3 cm³/mol. The predicted octanol–water partition coefficient (Wildman–Crippen LogP) is 4.31. The molecule has 1 saturated heterocycles. The maximum absolute atomic E-state index is 13.2. The summed E-state index contributed by atoms with van der Waals surface area (Å²) in [6, 6.07) is 6.85. The van der Waals surface area contributed by atoms with E-state index in [1.165, 1.54) is 23.5 Å². The van der Waals surface area contributed by atoms with Gasteiger partial charge in [-0.1, -0.05) is 12.1 Å². The lowest BCUT2D eigenvalue weighted by Crippen LogP contribution is -2.35. The van der Waals surface area contributed by atoms with Crippen molar-refractivity contribution in [1.29, 1.82) is 0 Å². The molecule has 7 heteroatoms. The number of benzene rings is 1. The summed E-state index contributed by atoms with van der Waals surface area (Å²) in [6.07, 6.45) is 2.08.